The number of carbonyl (C=O) groups is 1. The van der Waals surface area contributed by atoms with Gasteiger partial charge >= 0.3 is 0 Å². The summed E-state index contributed by atoms with van der Waals surface area (Å²) in [5, 5.41) is 7.72. The van der Waals surface area contributed by atoms with Crippen LogP contribution >= 0.6 is 0 Å². The lowest BCUT2D eigenvalue weighted by atomic mass is 9.89. The van der Waals surface area contributed by atoms with Gasteiger partial charge in [-0.2, -0.15) is 0 Å². The number of piperidine rings is 1. The lowest BCUT2D eigenvalue weighted by Gasteiger charge is -2.36. The lowest BCUT2D eigenvalue weighted by molar-refractivity contribution is -0.134. The maximum absolute atomic E-state index is 12.6. The summed E-state index contributed by atoms with van der Waals surface area (Å²) in [6.45, 7) is 6.27. The molecule has 0 radical (unpaired) electrons. The molecule has 6 heteroatoms. The van der Waals surface area contributed by atoms with Gasteiger partial charge in [-0.1, -0.05) is 5.16 Å². The summed E-state index contributed by atoms with van der Waals surface area (Å²) in [7, 11) is 0. The molecule has 3 aliphatic heterocycles. The number of aryl methyl sites for hydroxylation is 1. The van der Waals surface area contributed by atoms with Crippen LogP contribution in [0.2, 0.25) is 0 Å². The molecule has 132 valence electrons. The van der Waals surface area contributed by atoms with Gasteiger partial charge in [0, 0.05) is 57.3 Å². The third-order valence-corrected chi connectivity index (χ3v) is 5.82. The van der Waals surface area contributed by atoms with Gasteiger partial charge in [0.05, 0.1) is 5.69 Å². The molecule has 4 rings (SSSR count). The number of amides is 1. The average molecular weight is 332 g/mol. The average Bonchev–Trinajstić information content (AvgIpc) is 3.13. The van der Waals surface area contributed by atoms with E-state index in [-0.39, 0.29) is 0 Å². The fourth-order valence-corrected chi connectivity index (χ4v) is 4.59. The van der Waals surface area contributed by atoms with Crippen LogP contribution in [0.1, 0.15) is 43.6 Å². The normalized spacial score (nSPS) is 30.7. The molecule has 1 aromatic heterocycles. The second-order valence-electron chi connectivity index (χ2n) is 7.77. The summed E-state index contributed by atoms with van der Waals surface area (Å²) >= 11 is 0. The van der Waals surface area contributed by atoms with E-state index in [0.717, 1.165) is 50.6 Å². The van der Waals surface area contributed by atoms with Gasteiger partial charge in [-0.05, 0) is 38.5 Å². The van der Waals surface area contributed by atoms with Gasteiger partial charge in [0.2, 0.25) is 5.91 Å². The molecule has 2 unspecified atom stereocenters. The molecule has 3 fully saturated rings. The van der Waals surface area contributed by atoms with E-state index < -0.39 is 0 Å². The van der Waals surface area contributed by atoms with Crippen molar-refractivity contribution in [1.29, 1.82) is 0 Å². The third-order valence-electron chi connectivity index (χ3n) is 5.82. The molecule has 1 amide bonds. The Morgan fingerprint density at radius 2 is 1.96 bits per heavy atom. The van der Waals surface area contributed by atoms with E-state index in [1.165, 1.54) is 25.7 Å². The number of aromatic nitrogens is 1. The number of hydrogen-bond acceptors (Lipinski definition) is 5. The first-order valence-electron chi connectivity index (χ1n) is 9.34. The van der Waals surface area contributed by atoms with Gasteiger partial charge < -0.3 is 14.7 Å². The van der Waals surface area contributed by atoms with E-state index in [9.17, 15) is 4.79 Å². The van der Waals surface area contributed by atoms with Crippen molar-refractivity contribution in [3.63, 3.8) is 0 Å². The second kappa shape index (κ2) is 6.84. The highest BCUT2D eigenvalue weighted by Gasteiger charge is 2.35. The Bertz CT molecular complexity index is 567. The number of nitrogens with zero attached hydrogens (tertiary/aromatic N) is 3. The Kier molecular flexibility index (Phi) is 4.59. The van der Waals surface area contributed by atoms with E-state index in [0.29, 0.717) is 23.9 Å². The van der Waals surface area contributed by atoms with Crippen molar-refractivity contribution in [2.45, 2.75) is 57.7 Å². The zero-order valence-corrected chi connectivity index (χ0v) is 14.5. The van der Waals surface area contributed by atoms with E-state index >= 15 is 0 Å². The molecule has 3 aliphatic rings. The molecule has 0 saturated carbocycles. The van der Waals surface area contributed by atoms with E-state index in [1.807, 2.05) is 13.0 Å². The van der Waals surface area contributed by atoms with Crippen LogP contribution in [-0.2, 0) is 11.3 Å². The van der Waals surface area contributed by atoms with Crippen LogP contribution in [0.15, 0.2) is 10.6 Å². The van der Waals surface area contributed by atoms with Gasteiger partial charge in [0.15, 0.2) is 0 Å². The minimum Gasteiger partial charge on any atom is -0.361 e. The van der Waals surface area contributed by atoms with Gasteiger partial charge in [-0.25, -0.2) is 0 Å². The van der Waals surface area contributed by atoms with Gasteiger partial charge in [-0.15, -0.1) is 0 Å². The molecule has 24 heavy (non-hydrogen) atoms. The van der Waals surface area contributed by atoms with Crippen molar-refractivity contribution in [3.8, 4) is 0 Å². The summed E-state index contributed by atoms with van der Waals surface area (Å²) in [6.07, 6.45) is 5.73. The molecule has 1 aromatic rings. The first kappa shape index (κ1) is 16.1. The standard InChI is InChI=1S/C18H28N4O2/c1-13-8-17(20-24-13)12-21-4-6-22(7-5-21)18(23)11-14-9-15-2-3-16(10-14)19-15/h8,14-16,19H,2-7,9-12H2,1H3. The molecular weight excluding hydrogens is 304 g/mol. The maximum Gasteiger partial charge on any atom is 0.222 e. The Labute approximate surface area is 143 Å². The van der Waals surface area contributed by atoms with Crippen molar-refractivity contribution in [2.75, 3.05) is 26.2 Å². The Hall–Kier alpha value is -1.40. The van der Waals surface area contributed by atoms with Crippen LogP contribution in [-0.4, -0.2) is 59.1 Å². The molecule has 2 atom stereocenters. The maximum atomic E-state index is 12.6. The SMILES string of the molecule is Cc1cc(CN2CCN(C(=O)CC3CC4CCC(C3)N4)CC2)no1. The number of rotatable bonds is 4. The predicted molar refractivity (Wildman–Crippen MR) is 90.4 cm³/mol. The molecule has 3 saturated heterocycles. The van der Waals surface area contributed by atoms with Gasteiger partial charge in [-0.3, -0.25) is 9.69 Å². The highest BCUT2D eigenvalue weighted by atomic mass is 16.5. The summed E-state index contributed by atoms with van der Waals surface area (Å²) in [5.74, 6) is 1.81. The first-order chi connectivity index (χ1) is 11.7. The zero-order chi connectivity index (χ0) is 16.5. The third kappa shape index (κ3) is 3.64. The van der Waals surface area contributed by atoms with Crippen molar-refractivity contribution in [3.05, 3.63) is 17.5 Å². The summed E-state index contributed by atoms with van der Waals surface area (Å²) in [5.41, 5.74) is 0.984. The summed E-state index contributed by atoms with van der Waals surface area (Å²) in [4.78, 5) is 17.0. The number of hydrogen-bond donors (Lipinski definition) is 1. The number of fused-ring (bicyclic) bond motifs is 2. The van der Waals surface area contributed by atoms with Crippen LogP contribution < -0.4 is 5.32 Å². The minimum absolute atomic E-state index is 0.359. The Balaban J connectivity index is 1.22. The molecule has 0 aromatic carbocycles. The fraction of sp³-hybridized carbons (Fsp3) is 0.778. The first-order valence-corrected chi connectivity index (χ1v) is 9.34. The Morgan fingerprint density at radius 3 is 2.58 bits per heavy atom. The molecule has 0 aliphatic carbocycles. The highest BCUT2D eigenvalue weighted by molar-refractivity contribution is 5.76. The lowest BCUT2D eigenvalue weighted by Crippen LogP contribution is -2.49. The minimum atomic E-state index is 0.359. The Morgan fingerprint density at radius 1 is 1.25 bits per heavy atom. The van der Waals surface area contributed by atoms with Crippen LogP contribution in [0.4, 0.5) is 0 Å². The largest absolute Gasteiger partial charge is 0.361 e. The highest BCUT2D eigenvalue weighted by Crippen LogP contribution is 2.33. The van der Waals surface area contributed by atoms with Crippen molar-refractivity contribution >= 4 is 5.91 Å². The van der Waals surface area contributed by atoms with Crippen LogP contribution in [0.3, 0.4) is 0 Å². The molecule has 1 N–H and O–H groups in total. The van der Waals surface area contributed by atoms with Crippen molar-refractivity contribution in [1.82, 2.24) is 20.3 Å². The molecule has 0 spiro atoms. The molecule has 6 nitrogen and oxygen atoms in total. The summed E-state index contributed by atoms with van der Waals surface area (Å²) < 4.78 is 5.13. The predicted octanol–water partition coefficient (Wildman–Crippen LogP) is 1.55. The van der Waals surface area contributed by atoms with Gasteiger partial charge in [0.25, 0.3) is 0 Å². The molecular formula is C18H28N4O2. The van der Waals surface area contributed by atoms with Crippen LogP contribution in [0.25, 0.3) is 0 Å². The fourth-order valence-electron chi connectivity index (χ4n) is 4.59. The molecule has 4 heterocycles. The number of piperazine rings is 1. The van der Waals surface area contributed by atoms with Crippen molar-refractivity contribution < 1.29 is 9.32 Å². The smallest absolute Gasteiger partial charge is 0.222 e. The van der Waals surface area contributed by atoms with Crippen molar-refractivity contribution in [2.24, 2.45) is 5.92 Å². The van der Waals surface area contributed by atoms with E-state index in [2.05, 4.69) is 20.3 Å². The van der Waals surface area contributed by atoms with Gasteiger partial charge in [0.1, 0.15) is 5.76 Å². The zero-order valence-electron chi connectivity index (χ0n) is 14.5. The molecule has 2 bridgehead atoms. The van der Waals surface area contributed by atoms with E-state index in [1.54, 1.807) is 0 Å². The number of nitrogens with one attached hydrogen (secondary N) is 1. The van der Waals surface area contributed by atoms with Crippen LogP contribution in [0.5, 0.6) is 0 Å². The second-order valence-corrected chi connectivity index (χ2v) is 7.77. The summed E-state index contributed by atoms with van der Waals surface area (Å²) in [6, 6.07) is 3.33. The quantitative estimate of drug-likeness (QED) is 0.906. The monoisotopic (exact) mass is 332 g/mol. The number of carbonyl (C=O) groups excluding carboxylic acids is 1. The topological polar surface area (TPSA) is 61.6 Å². The van der Waals surface area contributed by atoms with E-state index in [4.69, 9.17) is 4.52 Å². The van der Waals surface area contributed by atoms with Crippen LogP contribution in [0, 0.1) is 12.8 Å².